The van der Waals surface area contributed by atoms with E-state index in [1.807, 2.05) is 13.8 Å². The molecule has 0 aromatic rings. The van der Waals surface area contributed by atoms with Crippen molar-refractivity contribution in [3.05, 3.63) is 0 Å². The second-order valence-corrected chi connectivity index (χ2v) is 5.59. The number of carbonyl (C=O) groups excluding carboxylic acids is 1. The molecule has 0 aliphatic rings. The predicted octanol–water partition coefficient (Wildman–Crippen LogP) is 0.903. The molecule has 0 aromatic heterocycles. The minimum absolute atomic E-state index is 0.0232. The second-order valence-electron chi connectivity index (χ2n) is 5.59. The van der Waals surface area contributed by atoms with E-state index in [9.17, 15) is 4.79 Å². The van der Waals surface area contributed by atoms with Crippen molar-refractivity contribution in [2.75, 3.05) is 19.7 Å². The fraction of sp³-hybridized carbons (Fsp3) is 0.909. The highest BCUT2D eigenvalue weighted by Gasteiger charge is 2.22. The Bertz CT molecular complexity index is 207. The number of amides is 1. The van der Waals surface area contributed by atoms with Crippen LogP contribution in [0.15, 0.2) is 0 Å². The highest BCUT2D eigenvalue weighted by molar-refractivity contribution is 5.77. The summed E-state index contributed by atoms with van der Waals surface area (Å²) in [5, 5.41) is 2.72. The van der Waals surface area contributed by atoms with Crippen molar-refractivity contribution >= 4 is 5.91 Å². The molecule has 0 fully saturated rings. The highest BCUT2D eigenvalue weighted by Crippen LogP contribution is 2.18. The van der Waals surface area contributed by atoms with Crippen molar-refractivity contribution in [2.24, 2.45) is 11.1 Å². The van der Waals surface area contributed by atoms with E-state index in [2.05, 4.69) is 26.1 Å². The van der Waals surface area contributed by atoms with Gasteiger partial charge in [-0.25, -0.2) is 0 Å². The molecule has 0 saturated heterocycles. The second kappa shape index (κ2) is 5.47. The topological polar surface area (TPSA) is 64.3 Å². The van der Waals surface area contributed by atoms with E-state index < -0.39 is 0 Å². The SMILES string of the molecule is CC(C)(C)COC(C)(C)CNC(=O)CN. The maximum Gasteiger partial charge on any atom is 0.233 e. The van der Waals surface area contributed by atoms with E-state index in [1.54, 1.807) is 0 Å². The molecule has 15 heavy (non-hydrogen) atoms. The summed E-state index contributed by atoms with van der Waals surface area (Å²) in [6.07, 6.45) is 0. The standard InChI is InChI=1S/C11H24N2O2/c1-10(2,3)8-15-11(4,5)7-13-9(14)6-12/h6-8,12H2,1-5H3,(H,13,14). The first-order valence-electron chi connectivity index (χ1n) is 5.27. The Labute approximate surface area is 92.6 Å². The lowest BCUT2D eigenvalue weighted by Gasteiger charge is -2.30. The number of nitrogens with two attached hydrogens (primary N) is 1. The van der Waals surface area contributed by atoms with Crippen LogP contribution < -0.4 is 11.1 Å². The van der Waals surface area contributed by atoms with E-state index in [4.69, 9.17) is 10.5 Å². The van der Waals surface area contributed by atoms with Crippen LogP contribution in [0, 0.1) is 5.41 Å². The molecular formula is C11H24N2O2. The molecule has 4 nitrogen and oxygen atoms in total. The summed E-state index contributed by atoms with van der Waals surface area (Å²) >= 11 is 0. The summed E-state index contributed by atoms with van der Waals surface area (Å²) < 4.78 is 5.73. The smallest absolute Gasteiger partial charge is 0.233 e. The summed E-state index contributed by atoms with van der Waals surface area (Å²) in [6.45, 7) is 11.4. The summed E-state index contributed by atoms with van der Waals surface area (Å²) in [5.41, 5.74) is 4.98. The Morgan fingerprint density at radius 1 is 1.27 bits per heavy atom. The average Bonchev–Trinajstić information content (AvgIpc) is 2.10. The fourth-order valence-electron chi connectivity index (χ4n) is 0.847. The molecule has 0 unspecified atom stereocenters. The van der Waals surface area contributed by atoms with Crippen LogP contribution in [0.4, 0.5) is 0 Å². The van der Waals surface area contributed by atoms with Crippen LogP contribution in [0.25, 0.3) is 0 Å². The number of carbonyl (C=O) groups is 1. The quantitative estimate of drug-likeness (QED) is 0.717. The molecule has 0 atom stereocenters. The van der Waals surface area contributed by atoms with E-state index in [-0.39, 0.29) is 23.5 Å². The average molecular weight is 216 g/mol. The Balaban J connectivity index is 3.92. The van der Waals surface area contributed by atoms with Gasteiger partial charge in [0.05, 0.1) is 18.8 Å². The van der Waals surface area contributed by atoms with Gasteiger partial charge in [-0.15, -0.1) is 0 Å². The summed E-state index contributed by atoms with van der Waals surface area (Å²) in [7, 11) is 0. The third-order valence-corrected chi connectivity index (χ3v) is 1.79. The number of ether oxygens (including phenoxy) is 1. The van der Waals surface area contributed by atoms with E-state index >= 15 is 0 Å². The van der Waals surface area contributed by atoms with Crippen molar-refractivity contribution in [3.63, 3.8) is 0 Å². The summed E-state index contributed by atoms with van der Waals surface area (Å²) in [5.74, 6) is -0.151. The van der Waals surface area contributed by atoms with Gasteiger partial charge in [-0.2, -0.15) is 0 Å². The monoisotopic (exact) mass is 216 g/mol. The molecule has 0 aliphatic heterocycles. The maximum absolute atomic E-state index is 11.0. The lowest BCUT2D eigenvalue weighted by atomic mass is 9.98. The highest BCUT2D eigenvalue weighted by atomic mass is 16.5. The van der Waals surface area contributed by atoms with Crippen molar-refractivity contribution in [1.82, 2.24) is 5.32 Å². The van der Waals surface area contributed by atoms with Gasteiger partial charge in [0.2, 0.25) is 5.91 Å². The van der Waals surface area contributed by atoms with Gasteiger partial charge in [0.15, 0.2) is 0 Å². The maximum atomic E-state index is 11.0. The fourth-order valence-corrected chi connectivity index (χ4v) is 0.847. The molecule has 0 radical (unpaired) electrons. The Hall–Kier alpha value is -0.610. The van der Waals surface area contributed by atoms with Crippen LogP contribution in [0.5, 0.6) is 0 Å². The zero-order chi connectivity index (χ0) is 12.1. The first-order chi connectivity index (χ1) is 6.66. The van der Waals surface area contributed by atoms with Gasteiger partial charge in [0.25, 0.3) is 0 Å². The molecule has 4 heteroatoms. The molecule has 0 aromatic carbocycles. The molecule has 0 aliphatic carbocycles. The number of rotatable bonds is 5. The van der Waals surface area contributed by atoms with Gasteiger partial charge < -0.3 is 15.8 Å². The summed E-state index contributed by atoms with van der Waals surface area (Å²) in [4.78, 5) is 11.0. The van der Waals surface area contributed by atoms with E-state index in [0.29, 0.717) is 13.2 Å². The zero-order valence-corrected chi connectivity index (χ0v) is 10.5. The molecule has 0 saturated carbocycles. The van der Waals surface area contributed by atoms with Crippen molar-refractivity contribution in [3.8, 4) is 0 Å². The molecule has 0 heterocycles. The largest absolute Gasteiger partial charge is 0.373 e. The van der Waals surface area contributed by atoms with E-state index in [1.165, 1.54) is 0 Å². The molecular weight excluding hydrogens is 192 g/mol. The molecule has 3 N–H and O–H groups in total. The van der Waals surface area contributed by atoms with Crippen LogP contribution in [0.1, 0.15) is 34.6 Å². The van der Waals surface area contributed by atoms with Crippen LogP contribution in [0.3, 0.4) is 0 Å². The van der Waals surface area contributed by atoms with Gasteiger partial charge in [0, 0.05) is 6.54 Å². The molecule has 1 amide bonds. The number of hydrogen-bond donors (Lipinski definition) is 2. The van der Waals surface area contributed by atoms with Crippen molar-refractivity contribution in [2.45, 2.75) is 40.2 Å². The lowest BCUT2D eigenvalue weighted by Crippen LogP contribution is -2.43. The number of hydrogen-bond acceptors (Lipinski definition) is 3. The van der Waals surface area contributed by atoms with Gasteiger partial charge in [-0.05, 0) is 19.3 Å². The molecule has 0 rings (SSSR count). The van der Waals surface area contributed by atoms with Gasteiger partial charge in [-0.3, -0.25) is 4.79 Å². The first-order valence-corrected chi connectivity index (χ1v) is 5.27. The van der Waals surface area contributed by atoms with Gasteiger partial charge in [-0.1, -0.05) is 20.8 Å². The van der Waals surface area contributed by atoms with Crippen molar-refractivity contribution in [1.29, 1.82) is 0 Å². The Morgan fingerprint density at radius 3 is 2.20 bits per heavy atom. The molecule has 90 valence electrons. The zero-order valence-electron chi connectivity index (χ0n) is 10.5. The summed E-state index contributed by atoms with van der Waals surface area (Å²) in [6, 6.07) is 0. The lowest BCUT2D eigenvalue weighted by molar-refractivity contribution is -0.121. The third-order valence-electron chi connectivity index (χ3n) is 1.79. The minimum Gasteiger partial charge on any atom is -0.373 e. The third kappa shape index (κ3) is 8.39. The number of nitrogens with one attached hydrogen (secondary N) is 1. The normalized spacial score (nSPS) is 12.7. The molecule has 0 spiro atoms. The van der Waals surface area contributed by atoms with Crippen LogP contribution in [0.2, 0.25) is 0 Å². The van der Waals surface area contributed by atoms with E-state index in [0.717, 1.165) is 0 Å². The molecule has 0 bridgehead atoms. The Morgan fingerprint density at radius 2 is 1.80 bits per heavy atom. The van der Waals surface area contributed by atoms with Gasteiger partial charge >= 0.3 is 0 Å². The van der Waals surface area contributed by atoms with Crippen LogP contribution >= 0.6 is 0 Å². The van der Waals surface area contributed by atoms with Crippen LogP contribution in [-0.4, -0.2) is 31.2 Å². The van der Waals surface area contributed by atoms with Crippen molar-refractivity contribution < 1.29 is 9.53 Å². The first kappa shape index (κ1) is 14.4. The van der Waals surface area contributed by atoms with Gasteiger partial charge in [0.1, 0.15) is 0 Å². The predicted molar refractivity (Wildman–Crippen MR) is 61.6 cm³/mol. The minimum atomic E-state index is -0.349. The van der Waals surface area contributed by atoms with Crippen LogP contribution in [-0.2, 0) is 9.53 Å². The Kier molecular flexibility index (Phi) is 5.24.